The van der Waals surface area contributed by atoms with E-state index in [0.717, 1.165) is 12.1 Å². The van der Waals surface area contributed by atoms with Crippen LogP contribution in [-0.4, -0.2) is 32.9 Å². The topological polar surface area (TPSA) is 76.2 Å². The molecule has 1 aromatic heterocycles. The molecule has 0 saturated carbocycles. The quantitative estimate of drug-likeness (QED) is 0.449. The third-order valence-electron chi connectivity index (χ3n) is 5.76. The van der Waals surface area contributed by atoms with Crippen LogP contribution < -0.4 is 11.1 Å². The molecule has 0 saturated heterocycles. The lowest BCUT2D eigenvalue weighted by Gasteiger charge is -2.43. The molecular weight excluding hydrogens is 438 g/mol. The molecule has 1 aliphatic heterocycles. The highest BCUT2D eigenvalue weighted by Gasteiger charge is 2.42. The number of fused-ring (bicyclic) bond motifs is 1. The molecule has 3 aromatic rings. The maximum absolute atomic E-state index is 14.0. The van der Waals surface area contributed by atoms with E-state index in [1.54, 1.807) is 30.2 Å². The molecule has 0 aliphatic carbocycles. The zero-order valence-corrected chi connectivity index (χ0v) is 18.3. The van der Waals surface area contributed by atoms with Crippen molar-refractivity contribution in [3.8, 4) is 11.3 Å². The van der Waals surface area contributed by atoms with Crippen LogP contribution in [0.1, 0.15) is 26.6 Å². The van der Waals surface area contributed by atoms with Gasteiger partial charge in [0, 0.05) is 24.3 Å². The van der Waals surface area contributed by atoms with Crippen LogP contribution in [0.4, 0.5) is 29.1 Å². The Bertz CT molecular complexity index is 1200. The Kier molecular flexibility index (Phi) is 5.65. The average molecular weight is 461 g/mol. The molecular formula is C23H23F4N5O. The standard InChI is InChI=1S/C23H23F4N5O/c1-12(28)21(33)32-9-8-31-20(29-15-6-4-14(24)5-7-15)19(30-22(31)23(32,2)3)13-10-16(25)18(27)17(26)11-13/h4-7,10-12,29H,8-9,28H2,1-3H3/t12-/m0/s1. The normalized spacial score (nSPS) is 15.8. The van der Waals surface area contributed by atoms with E-state index in [9.17, 15) is 22.4 Å². The van der Waals surface area contributed by atoms with Crippen molar-refractivity contribution in [2.45, 2.75) is 38.9 Å². The monoisotopic (exact) mass is 461 g/mol. The summed E-state index contributed by atoms with van der Waals surface area (Å²) < 4.78 is 56.9. The van der Waals surface area contributed by atoms with E-state index in [0.29, 0.717) is 30.4 Å². The first-order chi connectivity index (χ1) is 15.5. The fourth-order valence-electron chi connectivity index (χ4n) is 4.06. The summed E-state index contributed by atoms with van der Waals surface area (Å²) in [7, 11) is 0. The molecule has 0 bridgehead atoms. The van der Waals surface area contributed by atoms with Gasteiger partial charge in [0.2, 0.25) is 5.91 Å². The van der Waals surface area contributed by atoms with Crippen molar-refractivity contribution < 1.29 is 22.4 Å². The van der Waals surface area contributed by atoms with Gasteiger partial charge in [-0.15, -0.1) is 0 Å². The van der Waals surface area contributed by atoms with Gasteiger partial charge < -0.3 is 20.5 Å². The molecule has 1 aliphatic rings. The Hall–Kier alpha value is -3.40. The van der Waals surface area contributed by atoms with Crippen LogP contribution in [0.5, 0.6) is 0 Å². The van der Waals surface area contributed by atoms with Crippen molar-refractivity contribution >= 4 is 17.4 Å². The Morgan fingerprint density at radius 3 is 2.27 bits per heavy atom. The summed E-state index contributed by atoms with van der Waals surface area (Å²) in [6.07, 6.45) is 0. The number of nitrogens with two attached hydrogens (primary N) is 1. The van der Waals surface area contributed by atoms with Gasteiger partial charge in [0.1, 0.15) is 23.2 Å². The highest BCUT2D eigenvalue weighted by molar-refractivity contribution is 5.83. The van der Waals surface area contributed by atoms with Crippen LogP contribution in [0, 0.1) is 23.3 Å². The lowest BCUT2D eigenvalue weighted by Crippen LogP contribution is -2.55. The van der Waals surface area contributed by atoms with Gasteiger partial charge in [0.05, 0.1) is 11.6 Å². The van der Waals surface area contributed by atoms with Gasteiger partial charge >= 0.3 is 0 Å². The molecule has 3 N–H and O–H groups in total. The van der Waals surface area contributed by atoms with Gasteiger partial charge in [0.25, 0.3) is 0 Å². The van der Waals surface area contributed by atoms with Crippen molar-refractivity contribution in [3.63, 3.8) is 0 Å². The van der Waals surface area contributed by atoms with E-state index in [1.807, 2.05) is 0 Å². The van der Waals surface area contributed by atoms with E-state index < -0.39 is 34.8 Å². The number of rotatable bonds is 4. The summed E-state index contributed by atoms with van der Waals surface area (Å²) in [6.45, 7) is 5.82. The number of nitrogens with zero attached hydrogens (tertiary/aromatic N) is 3. The molecule has 6 nitrogen and oxygen atoms in total. The number of anilines is 2. The van der Waals surface area contributed by atoms with Crippen molar-refractivity contribution in [2.24, 2.45) is 5.73 Å². The Labute approximate surface area is 188 Å². The lowest BCUT2D eigenvalue weighted by molar-refractivity contribution is -0.139. The van der Waals surface area contributed by atoms with Crippen LogP contribution in [0.2, 0.25) is 0 Å². The lowest BCUT2D eigenvalue weighted by atomic mass is 9.98. The van der Waals surface area contributed by atoms with Crippen LogP contribution in [0.15, 0.2) is 36.4 Å². The molecule has 1 amide bonds. The van der Waals surface area contributed by atoms with Crippen molar-refractivity contribution in [3.05, 3.63) is 65.5 Å². The molecule has 4 rings (SSSR count). The Balaban J connectivity index is 1.90. The number of carbonyl (C=O) groups is 1. The minimum atomic E-state index is -1.58. The number of hydrogen-bond donors (Lipinski definition) is 2. The number of imidazole rings is 1. The summed E-state index contributed by atoms with van der Waals surface area (Å²) >= 11 is 0. The van der Waals surface area contributed by atoms with Crippen molar-refractivity contribution in [2.75, 3.05) is 11.9 Å². The maximum Gasteiger partial charge on any atom is 0.240 e. The van der Waals surface area contributed by atoms with Crippen LogP contribution in [0.25, 0.3) is 11.3 Å². The van der Waals surface area contributed by atoms with Gasteiger partial charge in [-0.3, -0.25) is 4.79 Å². The molecule has 0 spiro atoms. The second-order valence-corrected chi connectivity index (χ2v) is 8.51. The predicted molar refractivity (Wildman–Crippen MR) is 116 cm³/mol. The smallest absolute Gasteiger partial charge is 0.240 e. The number of hydrogen-bond acceptors (Lipinski definition) is 4. The molecule has 33 heavy (non-hydrogen) atoms. The first kappa shape index (κ1) is 22.8. The van der Waals surface area contributed by atoms with E-state index in [-0.39, 0.29) is 17.2 Å². The van der Waals surface area contributed by atoms with Crippen LogP contribution in [-0.2, 0) is 16.9 Å². The van der Waals surface area contributed by atoms with E-state index >= 15 is 0 Å². The summed E-state index contributed by atoms with van der Waals surface area (Å²) in [4.78, 5) is 18.9. The number of nitrogens with one attached hydrogen (secondary N) is 1. The fraction of sp³-hybridized carbons (Fsp3) is 0.304. The zero-order chi connectivity index (χ0) is 24.1. The van der Waals surface area contributed by atoms with E-state index in [4.69, 9.17) is 5.73 Å². The van der Waals surface area contributed by atoms with E-state index in [2.05, 4.69) is 10.3 Å². The van der Waals surface area contributed by atoms with Gasteiger partial charge in [-0.25, -0.2) is 22.5 Å². The molecule has 10 heteroatoms. The van der Waals surface area contributed by atoms with Crippen molar-refractivity contribution in [1.82, 2.24) is 14.5 Å². The molecule has 0 radical (unpaired) electrons. The van der Waals surface area contributed by atoms with E-state index in [1.165, 1.54) is 24.3 Å². The number of carbonyl (C=O) groups excluding carboxylic acids is 1. The SMILES string of the molecule is C[C@H](N)C(=O)N1CCn2c(nc(-c3cc(F)c(F)c(F)c3)c2Nc2ccc(F)cc2)C1(C)C. The predicted octanol–water partition coefficient (Wildman–Crippen LogP) is 4.27. The highest BCUT2D eigenvalue weighted by atomic mass is 19.2. The third kappa shape index (κ3) is 3.95. The Morgan fingerprint density at radius 1 is 1.09 bits per heavy atom. The molecule has 2 aromatic carbocycles. The first-order valence-corrected chi connectivity index (χ1v) is 10.4. The molecule has 2 heterocycles. The summed E-state index contributed by atoms with van der Waals surface area (Å²) in [5, 5.41) is 3.13. The number of aromatic nitrogens is 2. The van der Waals surface area contributed by atoms with Crippen LogP contribution in [0.3, 0.4) is 0 Å². The Morgan fingerprint density at radius 2 is 1.70 bits per heavy atom. The maximum atomic E-state index is 14.0. The first-order valence-electron chi connectivity index (χ1n) is 10.4. The summed E-state index contributed by atoms with van der Waals surface area (Å²) in [5.74, 6) is -4.14. The zero-order valence-electron chi connectivity index (χ0n) is 18.3. The number of halogens is 4. The second kappa shape index (κ2) is 8.18. The molecule has 1 atom stereocenters. The van der Waals surface area contributed by atoms with Gasteiger partial charge in [0.15, 0.2) is 17.5 Å². The van der Waals surface area contributed by atoms with Crippen molar-refractivity contribution in [1.29, 1.82) is 0 Å². The average Bonchev–Trinajstić information content (AvgIpc) is 3.12. The van der Waals surface area contributed by atoms with Gasteiger partial charge in [-0.2, -0.15) is 0 Å². The largest absolute Gasteiger partial charge is 0.340 e. The molecule has 0 fully saturated rings. The minimum Gasteiger partial charge on any atom is -0.340 e. The third-order valence-corrected chi connectivity index (χ3v) is 5.76. The second-order valence-electron chi connectivity index (χ2n) is 8.51. The fourth-order valence-corrected chi connectivity index (χ4v) is 4.06. The molecule has 174 valence electrons. The summed E-state index contributed by atoms with van der Waals surface area (Å²) in [6, 6.07) is 6.54. The van der Waals surface area contributed by atoms with Gasteiger partial charge in [-0.05, 0) is 57.2 Å². The highest BCUT2D eigenvalue weighted by Crippen LogP contribution is 2.40. The number of benzene rings is 2. The van der Waals surface area contributed by atoms with Crippen LogP contribution >= 0.6 is 0 Å². The van der Waals surface area contributed by atoms with Gasteiger partial charge in [-0.1, -0.05) is 0 Å². The molecule has 0 unspecified atom stereocenters. The number of amides is 1. The minimum absolute atomic E-state index is 0.0128. The summed E-state index contributed by atoms with van der Waals surface area (Å²) in [5.41, 5.74) is 5.60.